The van der Waals surface area contributed by atoms with Crippen molar-refractivity contribution in [2.24, 2.45) is 5.92 Å². The molecule has 0 radical (unpaired) electrons. The summed E-state index contributed by atoms with van der Waals surface area (Å²) in [4.78, 5) is 18.4. The van der Waals surface area contributed by atoms with Crippen molar-refractivity contribution in [3.63, 3.8) is 0 Å². The second kappa shape index (κ2) is 8.86. The van der Waals surface area contributed by atoms with Crippen LogP contribution in [0.15, 0.2) is 48.8 Å². The smallest absolute Gasteiger partial charge is 0.227 e. The first kappa shape index (κ1) is 17.7. The van der Waals surface area contributed by atoms with Gasteiger partial charge in [0.2, 0.25) is 5.91 Å². The van der Waals surface area contributed by atoms with Gasteiger partial charge in [0, 0.05) is 30.5 Å². The second-order valence-corrected chi connectivity index (χ2v) is 6.82. The highest BCUT2D eigenvalue weighted by Gasteiger charge is 2.23. The molecule has 0 atom stereocenters. The number of carbonyl (C=O) groups excluding carboxylic acids is 1. The molecule has 1 fully saturated rings. The molecule has 0 saturated carbocycles. The van der Waals surface area contributed by atoms with Crippen molar-refractivity contribution in [3.8, 4) is 5.75 Å². The third kappa shape index (κ3) is 5.20. The van der Waals surface area contributed by atoms with Crippen molar-refractivity contribution in [1.82, 2.24) is 9.88 Å². The quantitative estimate of drug-likeness (QED) is 0.784. The number of amides is 1. The van der Waals surface area contributed by atoms with Crippen molar-refractivity contribution < 1.29 is 9.53 Å². The van der Waals surface area contributed by atoms with E-state index in [1.54, 1.807) is 12.4 Å². The maximum atomic E-state index is 12.5. The number of rotatable bonds is 6. The first-order chi connectivity index (χ1) is 12.2. The Balaban J connectivity index is 1.39. The molecule has 1 amide bonds. The number of hydrogen-bond donors (Lipinski definition) is 0. The third-order valence-electron chi connectivity index (χ3n) is 4.71. The first-order valence-electron chi connectivity index (χ1n) is 8.76. The van der Waals surface area contributed by atoms with E-state index in [4.69, 9.17) is 16.3 Å². The number of carbonyl (C=O) groups is 1. The average Bonchev–Trinajstić information content (AvgIpc) is 2.65. The molecule has 25 heavy (non-hydrogen) atoms. The molecule has 0 N–H and O–H groups in total. The van der Waals surface area contributed by atoms with Gasteiger partial charge in [0.05, 0.1) is 13.0 Å². The molecule has 1 aromatic carbocycles. The molecule has 0 bridgehead atoms. The Morgan fingerprint density at radius 1 is 1.16 bits per heavy atom. The third-order valence-corrected chi connectivity index (χ3v) is 5.08. The van der Waals surface area contributed by atoms with Crippen LogP contribution < -0.4 is 4.74 Å². The lowest BCUT2D eigenvalue weighted by Crippen LogP contribution is -2.39. The lowest BCUT2D eigenvalue weighted by atomic mass is 9.93. The molecule has 0 spiro atoms. The van der Waals surface area contributed by atoms with Crippen LogP contribution in [0.4, 0.5) is 0 Å². The topological polar surface area (TPSA) is 42.4 Å². The fourth-order valence-electron chi connectivity index (χ4n) is 3.17. The Bertz CT molecular complexity index is 685. The number of nitrogens with zero attached hydrogens (tertiary/aromatic N) is 2. The first-order valence-corrected chi connectivity index (χ1v) is 9.14. The van der Waals surface area contributed by atoms with Crippen LogP contribution in [0.2, 0.25) is 5.02 Å². The number of hydrogen-bond acceptors (Lipinski definition) is 3. The van der Waals surface area contributed by atoms with E-state index in [9.17, 15) is 4.79 Å². The van der Waals surface area contributed by atoms with Crippen LogP contribution in [-0.4, -0.2) is 35.5 Å². The molecular weight excluding hydrogens is 336 g/mol. The summed E-state index contributed by atoms with van der Waals surface area (Å²) in [5, 5.41) is 0.666. The fourth-order valence-corrected chi connectivity index (χ4v) is 3.37. The molecule has 0 aliphatic carbocycles. The summed E-state index contributed by atoms with van der Waals surface area (Å²) in [6.07, 6.45) is 6.95. The molecule has 5 heteroatoms. The zero-order chi connectivity index (χ0) is 17.5. The molecule has 1 aliphatic heterocycles. The van der Waals surface area contributed by atoms with Crippen LogP contribution in [0.1, 0.15) is 24.8 Å². The van der Waals surface area contributed by atoms with Crippen molar-refractivity contribution in [1.29, 1.82) is 0 Å². The number of likely N-dealkylation sites (tertiary alicyclic amines) is 1. The number of halogens is 1. The number of pyridine rings is 1. The minimum atomic E-state index is 0.166. The Labute approximate surface area is 153 Å². The Morgan fingerprint density at radius 3 is 2.60 bits per heavy atom. The van der Waals surface area contributed by atoms with Gasteiger partial charge in [-0.1, -0.05) is 29.8 Å². The summed E-state index contributed by atoms with van der Waals surface area (Å²) in [7, 11) is 0. The molecule has 4 nitrogen and oxygen atoms in total. The molecule has 0 unspecified atom stereocenters. The number of piperidine rings is 1. The van der Waals surface area contributed by atoms with E-state index in [-0.39, 0.29) is 5.91 Å². The fraction of sp³-hybridized carbons (Fsp3) is 0.400. The summed E-state index contributed by atoms with van der Waals surface area (Å²) in [5.74, 6) is 1.65. The van der Waals surface area contributed by atoms with Crippen LogP contribution in [0.25, 0.3) is 0 Å². The van der Waals surface area contributed by atoms with Crippen LogP contribution in [0.3, 0.4) is 0 Å². The Kier molecular flexibility index (Phi) is 6.29. The normalized spacial score (nSPS) is 15.2. The minimum absolute atomic E-state index is 0.166. The van der Waals surface area contributed by atoms with Gasteiger partial charge in [0.1, 0.15) is 5.75 Å². The number of ether oxygens (including phenoxy) is 1. The Hall–Kier alpha value is -2.07. The van der Waals surface area contributed by atoms with E-state index >= 15 is 0 Å². The minimum Gasteiger partial charge on any atom is -0.493 e. The molecule has 2 aromatic rings. The van der Waals surface area contributed by atoms with E-state index in [0.717, 1.165) is 43.7 Å². The number of aromatic nitrogens is 1. The predicted octanol–water partition coefficient (Wildman–Crippen LogP) is 3.99. The molecule has 1 aromatic heterocycles. The highest BCUT2D eigenvalue weighted by molar-refractivity contribution is 6.31. The van der Waals surface area contributed by atoms with E-state index in [2.05, 4.69) is 4.98 Å². The summed E-state index contributed by atoms with van der Waals surface area (Å²) in [6.45, 7) is 2.36. The highest BCUT2D eigenvalue weighted by Crippen LogP contribution is 2.23. The lowest BCUT2D eigenvalue weighted by molar-refractivity contribution is -0.131. The van der Waals surface area contributed by atoms with E-state index in [1.165, 1.54) is 0 Å². The largest absolute Gasteiger partial charge is 0.493 e. The zero-order valence-corrected chi connectivity index (χ0v) is 15.0. The molecule has 2 heterocycles. The van der Waals surface area contributed by atoms with Gasteiger partial charge in [0.15, 0.2) is 0 Å². The maximum Gasteiger partial charge on any atom is 0.227 e. The van der Waals surface area contributed by atoms with Crippen molar-refractivity contribution in [2.45, 2.75) is 25.7 Å². The van der Waals surface area contributed by atoms with Crippen molar-refractivity contribution in [3.05, 3.63) is 59.4 Å². The molecule has 132 valence electrons. The summed E-state index contributed by atoms with van der Waals surface area (Å²) < 4.78 is 5.74. The van der Waals surface area contributed by atoms with Gasteiger partial charge in [-0.15, -0.1) is 0 Å². The van der Waals surface area contributed by atoms with Gasteiger partial charge < -0.3 is 9.64 Å². The van der Waals surface area contributed by atoms with Gasteiger partial charge in [-0.25, -0.2) is 0 Å². The van der Waals surface area contributed by atoms with Gasteiger partial charge in [-0.3, -0.25) is 9.78 Å². The molecule has 1 aliphatic rings. The van der Waals surface area contributed by atoms with Gasteiger partial charge >= 0.3 is 0 Å². The average molecular weight is 359 g/mol. The van der Waals surface area contributed by atoms with Gasteiger partial charge in [-0.05, 0) is 48.9 Å². The lowest BCUT2D eigenvalue weighted by Gasteiger charge is -2.32. The maximum absolute atomic E-state index is 12.5. The van der Waals surface area contributed by atoms with E-state index < -0.39 is 0 Å². The van der Waals surface area contributed by atoms with Gasteiger partial charge in [-0.2, -0.15) is 0 Å². The monoisotopic (exact) mass is 358 g/mol. The summed E-state index contributed by atoms with van der Waals surface area (Å²) >= 11 is 6.15. The number of benzene rings is 1. The zero-order valence-electron chi connectivity index (χ0n) is 14.2. The van der Waals surface area contributed by atoms with Crippen LogP contribution in [0.5, 0.6) is 5.75 Å². The Morgan fingerprint density at radius 2 is 1.88 bits per heavy atom. The van der Waals surface area contributed by atoms with E-state index in [1.807, 2.05) is 41.3 Å². The van der Waals surface area contributed by atoms with Gasteiger partial charge in [0.25, 0.3) is 0 Å². The van der Waals surface area contributed by atoms with Crippen LogP contribution in [0, 0.1) is 5.92 Å². The van der Waals surface area contributed by atoms with Crippen LogP contribution >= 0.6 is 11.6 Å². The molecule has 1 saturated heterocycles. The second-order valence-electron chi connectivity index (χ2n) is 6.41. The van der Waals surface area contributed by atoms with Crippen molar-refractivity contribution in [2.75, 3.05) is 19.7 Å². The summed E-state index contributed by atoms with van der Waals surface area (Å²) in [5.41, 5.74) is 0.905. The highest BCUT2D eigenvalue weighted by atomic mass is 35.5. The van der Waals surface area contributed by atoms with E-state index in [0.29, 0.717) is 24.0 Å². The molecular formula is C20H23ClN2O2. The van der Waals surface area contributed by atoms with Crippen LogP contribution in [-0.2, 0) is 11.2 Å². The predicted molar refractivity (Wildman–Crippen MR) is 98.8 cm³/mol. The SMILES string of the molecule is O=C(Cc1ccccc1Cl)N1CCC(CCOc2ccncc2)CC1. The standard InChI is InChI=1S/C20H23ClN2O2/c21-19-4-2-1-3-17(19)15-20(24)23-12-7-16(8-13-23)9-14-25-18-5-10-22-11-6-18/h1-6,10-11,16H,7-9,12-15H2. The summed E-state index contributed by atoms with van der Waals surface area (Å²) in [6, 6.07) is 11.3. The van der Waals surface area contributed by atoms with Crippen molar-refractivity contribution >= 4 is 17.5 Å². The molecule has 3 rings (SSSR count).